The van der Waals surface area contributed by atoms with Gasteiger partial charge in [0.15, 0.2) is 0 Å². The van der Waals surface area contributed by atoms with Crippen LogP contribution in [0.3, 0.4) is 0 Å². The fourth-order valence-corrected chi connectivity index (χ4v) is 1.81. The van der Waals surface area contributed by atoms with Crippen LogP contribution in [0.4, 0.5) is 0 Å². The summed E-state index contributed by atoms with van der Waals surface area (Å²) in [5.41, 5.74) is 16.6. The molecule has 0 spiro atoms. The molecule has 3 atom stereocenters. The standard InChI is InChI=1S/C7H12N6/c1-2-5-3-6(10-12-8)7(4-5)11-13-9/h5-7H,2-4H2,1H3/t5?,6-,7+. The molecule has 0 aromatic rings. The van der Waals surface area contributed by atoms with Crippen molar-refractivity contribution < 1.29 is 0 Å². The molecule has 1 aliphatic carbocycles. The van der Waals surface area contributed by atoms with Crippen molar-refractivity contribution in [2.24, 2.45) is 16.1 Å². The summed E-state index contributed by atoms with van der Waals surface area (Å²) in [4.78, 5) is 5.52. The lowest BCUT2D eigenvalue weighted by molar-refractivity contribution is 0.517. The Labute approximate surface area is 76.2 Å². The van der Waals surface area contributed by atoms with Crippen molar-refractivity contribution in [1.82, 2.24) is 0 Å². The van der Waals surface area contributed by atoms with Crippen LogP contribution in [0, 0.1) is 5.92 Å². The van der Waals surface area contributed by atoms with E-state index in [0.29, 0.717) is 5.92 Å². The Morgan fingerprint density at radius 2 is 1.62 bits per heavy atom. The molecule has 0 amide bonds. The molecule has 1 saturated carbocycles. The molecule has 1 aliphatic rings. The maximum Gasteiger partial charge on any atom is 0.0461 e. The molecule has 6 nitrogen and oxygen atoms in total. The van der Waals surface area contributed by atoms with Crippen LogP contribution < -0.4 is 0 Å². The predicted octanol–water partition coefficient (Wildman–Crippen LogP) is 3.16. The van der Waals surface area contributed by atoms with E-state index in [1.807, 2.05) is 0 Å². The van der Waals surface area contributed by atoms with Gasteiger partial charge >= 0.3 is 0 Å². The molecule has 0 aromatic carbocycles. The Morgan fingerprint density at radius 3 is 1.92 bits per heavy atom. The van der Waals surface area contributed by atoms with Crippen molar-refractivity contribution in [2.75, 3.05) is 0 Å². The van der Waals surface area contributed by atoms with Gasteiger partial charge in [-0.15, -0.1) is 0 Å². The van der Waals surface area contributed by atoms with Crippen molar-refractivity contribution in [3.05, 3.63) is 20.9 Å². The van der Waals surface area contributed by atoms with Gasteiger partial charge in [0, 0.05) is 21.9 Å². The van der Waals surface area contributed by atoms with Crippen LogP contribution in [0.1, 0.15) is 26.2 Å². The molecule has 6 heteroatoms. The highest BCUT2D eigenvalue weighted by molar-refractivity contribution is 4.93. The van der Waals surface area contributed by atoms with Crippen LogP contribution in [-0.2, 0) is 0 Å². The quantitative estimate of drug-likeness (QED) is 0.362. The van der Waals surface area contributed by atoms with Gasteiger partial charge in [-0.2, -0.15) is 0 Å². The van der Waals surface area contributed by atoms with E-state index in [9.17, 15) is 0 Å². The van der Waals surface area contributed by atoms with Gasteiger partial charge < -0.3 is 0 Å². The molecule has 1 unspecified atom stereocenters. The third-order valence-corrected chi connectivity index (χ3v) is 2.57. The van der Waals surface area contributed by atoms with Crippen LogP contribution in [0.5, 0.6) is 0 Å². The summed E-state index contributed by atoms with van der Waals surface area (Å²) in [5.74, 6) is 0.533. The minimum atomic E-state index is -0.133. The zero-order valence-corrected chi connectivity index (χ0v) is 7.54. The minimum Gasteiger partial charge on any atom is -0.0902 e. The highest BCUT2D eigenvalue weighted by atomic mass is 15.2. The van der Waals surface area contributed by atoms with Gasteiger partial charge in [-0.1, -0.05) is 23.6 Å². The zero-order valence-electron chi connectivity index (χ0n) is 7.54. The first-order valence-electron chi connectivity index (χ1n) is 4.40. The molecule has 13 heavy (non-hydrogen) atoms. The molecule has 0 bridgehead atoms. The molecule has 0 saturated heterocycles. The van der Waals surface area contributed by atoms with Crippen molar-refractivity contribution in [2.45, 2.75) is 38.3 Å². The van der Waals surface area contributed by atoms with Crippen molar-refractivity contribution in [3.8, 4) is 0 Å². The fraction of sp³-hybridized carbons (Fsp3) is 1.00. The molecule has 0 aromatic heterocycles. The first kappa shape index (κ1) is 9.71. The van der Waals surface area contributed by atoms with Gasteiger partial charge in [-0.3, -0.25) is 0 Å². The molecule has 1 fully saturated rings. The summed E-state index contributed by atoms with van der Waals surface area (Å²) < 4.78 is 0. The maximum absolute atomic E-state index is 8.30. The molecule has 1 rings (SSSR count). The highest BCUT2D eigenvalue weighted by Gasteiger charge is 2.31. The van der Waals surface area contributed by atoms with Crippen LogP contribution >= 0.6 is 0 Å². The van der Waals surface area contributed by atoms with Crippen molar-refractivity contribution >= 4 is 0 Å². The third kappa shape index (κ3) is 2.28. The number of rotatable bonds is 3. The Kier molecular flexibility index (Phi) is 3.43. The van der Waals surface area contributed by atoms with Crippen molar-refractivity contribution in [3.63, 3.8) is 0 Å². The summed E-state index contributed by atoms with van der Waals surface area (Å²) in [5, 5.41) is 7.28. The van der Waals surface area contributed by atoms with Gasteiger partial charge in [0.1, 0.15) is 0 Å². The smallest absolute Gasteiger partial charge is 0.0461 e. The fourth-order valence-electron chi connectivity index (χ4n) is 1.81. The summed E-state index contributed by atoms with van der Waals surface area (Å²) in [6, 6.07) is -0.267. The topological polar surface area (TPSA) is 97.5 Å². The predicted molar refractivity (Wildman–Crippen MR) is 48.9 cm³/mol. The number of nitrogens with zero attached hydrogens (tertiary/aromatic N) is 6. The second-order valence-corrected chi connectivity index (χ2v) is 3.29. The number of hydrogen-bond donors (Lipinski definition) is 0. The molecule has 0 radical (unpaired) electrons. The number of azide groups is 2. The molecule has 0 aliphatic heterocycles. The Morgan fingerprint density at radius 1 is 1.15 bits per heavy atom. The summed E-state index contributed by atoms with van der Waals surface area (Å²) >= 11 is 0. The third-order valence-electron chi connectivity index (χ3n) is 2.57. The average molecular weight is 180 g/mol. The molecule has 70 valence electrons. The monoisotopic (exact) mass is 180 g/mol. The highest BCUT2D eigenvalue weighted by Crippen LogP contribution is 2.32. The van der Waals surface area contributed by atoms with Gasteiger partial charge in [0.05, 0.1) is 0 Å². The van der Waals surface area contributed by atoms with Crippen LogP contribution in [-0.4, -0.2) is 12.1 Å². The molecular weight excluding hydrogens is 168 g/mol. The van der Waals surface area contributed by atoms with Crippen molar-refractivity contribution in [1.29, 1.82) is 0 Å². The summed E-state index contributed by atoms with van der Waals surface area (Å²) in [6.07, 6.45) is 2.75. The van der Waals surface area contributed by atoms with E-state index in [-0.39, 0.29) is 12.1 Å². The van der Waals surface area contributed by atoms with E-state index >= 15 is 0 Å². The van der Waals surface area contributed by atoms with Gasteiger partial charge in [-0.05, 0) is 29.8 Å². The summed E-state index contributed by atoms with van der Waals surface area (Å²) in [7, 11) is 0. The average Bonchev–Trinajstić information content (AvgIpc) is 2.50. The normalized spacial score (nSPS) is 31.9. The first-order valence-corrected chi connectivity index (χ1v) is 4.40. The lowest BCUT2D eigenvalue weighted by Gasteiger charge is -2.05. The Hall–Kier alpha value is -1.38. The lowest BCUT2D eigenvalue weighted by atomic mass is 10.1. The van der Waals surface area contributed by atoms with E-state index in [1.165, 1.54) is 0 Å². The van der Waals surface area contributed by atoms with E-state index in [2.05, 4.69) is 27.0 Å². The van der Waals surface area contributed by atoms with E-state index < -0.39 is 0 Å². The lowest BCUT2D eigenvalue weighted by Crippen LogP contribution is -2.12. The second-order valence-electron chi connectivity index (χ2n) is 3.29. The molecule has 0 heterocycles. The van der Waals surface area contributed by atoms with Gasteiger partial charge in [0.25, 0.3) is 0 Å². The van der Waals surface area contributed by atoms with Crippen LogP contribution in [0.15, 0.2) is 10.2 Å². The van der Waals surface area contributed by atoms with E-state index in [0.717, 1.165) is 19.3 Å². The van der Waals surface area contributed by atoms with Crippen LogP contribution in [0.25, 0.3) is 20.9 Å². The zero-order chi connectivity index (χ0) is 9.68. The van der Waals surface area contributed by atoms with E-state index in [1.54, 1.807) is 0 Å². The second kappa shape index (κ2) is 4.60. The Balaban J connectivity index is 2.69. The summed E-state index contributed by atoms with van der Waals surface area (Å²) in [6.45, 7) is 2.09. The number of hydrogen-bond acceptors (Lipinski definition) is 2. The minimum absolute atomic E-state index is 0.133. The Bertz CT molecular complexity index is 236. The largest absolute Gasteiger partial charge is 0.0902 e. The van der Waals surface area contributed by atoms with Gasteiger partial charge in [-0.25, -0.2) is 0 Å². The SMILES string of the molecule is CCC1C[C@H](N=[N+]=[N-])[C@H](N=[N+]=[N-])C1. The molecule has 0 N–H and O–H groups in total. The van der Waals surface area contributed by atoms with Crippen LogP contribution in [0.2, 0.25) is 0 Å². The first-order chi connectivity index (χ1) is 6.31. The molecular formula is C7H12N6. The maximum atomic E-state index is 8.30. The van der Waals surface area contributed by atoms with Gasteiger partial charge in [0.2, 0.25) is 0 Å². The van der Waals surface area contributed by atoms with E-state index in [4.69, 9.17) is 11.1 Å².